The summed E-state index contributed by atoms with van der Waals surface area (Å²) < 4.78 is 10.6. The zero-order valence-electron chi connectivity index (χ0n) is 13.3. The van der Waals surface area contributed by atoms with Crippen LogP contribution < -0.4 is 14.8 Å². The van der Waals surface area contributed by atoms with E-state index in [4.69, 9.17) is 9.47 Å². The lowest BCUT2D eigenvalue weighted by molar-refractivity contribution is -0.123. The number of hydrogen-bond donors (Lipinski definition) is 1. The van der Waals surface area contributed by atoms with Crippen molar-refractivity contribution >= 4 is 21.8 Å². The molecule has 21 heavy (non-hydrogen) atoms. The number of carbonyl (C=O) groups excluding carboxylic acids is 1. The molecule has 0 aliphatic rings. The minimum atomic E-state index is -0.588. The Balaban J connectivity index is 2.92. The van der Waals surface area contributed by atoms with Gasteiger partial charge in [-0.15, -0.1) is 0 Å². The fourth-order valence-corrected chi connectivity index (χ4v) is 1.90. The molecule has 0 heterocycles. The molecule has 1 aromatic rings. The predicted molar refractivity (Wildman–Crippen MR) is 88.3 cm³/mol. The second kappa shape index (κ2) is 7.69. The van der Waals surface area contributed by atoms with Crippen LogP contribution in [0.4, 0.5) is 0 Å². The van der Waals surface area contributed by atoms with Crippen LogP contribution in [0, 0.1) is 0 Å². The second-order valence-corrected chi connectivity index (χ2v) is 7.22. The number of amides is 1. The monoisotopic (exact) mass is 357 g/mol. The molecule has 1 aromatic carbocycles. The Labute approximate surface area is 135 Å². The molecule has 0 aromatic heterocycles. The van der Waals surface area contributed by atoms with Gasteiger partial charge >= 0.3 is 0 Å². The van der Waals surface area contributed by atoms with Gasteiger partial charge in [0.25, 0.3) is 0 Å². The molecule has 1 atom stereocenters. The van der Waals surface area contributed by atoms with E-state index in [0.29, 0.717) is 19.0 Å². The van der Waals surface area contributed by atoms with Gasteiger partial charge in [-0.25, -0.2) is 0 Å². The summed E-state index contributed by atoms with van der Waals surface area (Å²) in [7, 11) is 0. The highest BCUT2D eigenvalue weighted by molar-refractivity contribution is 9.10. The van der Waals surface area contributed by atoms with Crippen LogP contribution in [-0.2, 0) is 4.79 Å². The van der Waals surface area contributed by atoms with Crippen LogP contribution in [0.25, 0.3) is 0 Å². The van der Waals surface area contributed by atoms with Gasteiger partial charge in [0.2, 0.25) is 5.91 Å². The molecule has 0 bridgehead atoms. The summed E-state index contributed by atoms with van der Waals surface area (Å²) in [4.78, 5) is 12.0. The minimum absolute atomic E-state index is 0.0538. The third kappa shape index (κ3) is 5.23. The topological polar surface area (TPSA) is 47.6 Å². The number of alkyl halides is 1. The maximum Gasteiger partial charge on any atom is 0.236 e. The first kappa shape index (κ1) is 17.8. The summed E-state index contributed by atoms with van der Waals surface area (Å²) in [6.45, 7) is 10.6. The molecule has 0 fully saturated rings. The number of rotatable bonds is 7. The Morgan fingerprint density at radius 2 is 1.81 bits per heavy atom. The van der Waals surface area contributed by atoms with E-state index in [9.17, 15) is 4.79 Å². The standard InChI is InChI=1S/C16H24BrNO3/c1-6-20-13-9-8-12(10-14(13)21-7-2)11(3)18-15(19)16(4,5)17/h8-11H,6-7H2,1-5H3,(H,18,19). The van der Waals surface area contributed by atoms with Gasteiger partial charge < -0.3 is 14.8 Å². The zero-order valence-corrected chi connectivity index (χ0v) is 14.9. The summed E-state index contributed by atoms with van der Waals surface area (Å²) in [6, 6.07) is 5.63. The summed E-state index contributed by atoms with van der Waals surface area (Å²) in [6.07, 6.45) is 0. The number of hydrogen-bond acceptors (Lipinski definition) is 3. The quantitative estimate of drug-likeness (QED) is 0.754. The molecule has 0 saturated carbocycles. The molecule has 1 amide bonds. The third-order valence-corrected chi connectivity index (χ3v) is 3.32. The van der Waals surface area contributed by atoms with Crippen molar-refractivity contribution in [2.24, 2.45) is 0 Å². The van der Waals surface area contributed by atoms with E-state index >= 15 is 0 Å². The predicted octanol–water partition coefficient (Wildman–Crippen LogP) is 3.83. The molecule has 0 aliphatic carbocycles. The van der Waals surface area contributed by atoms with E-state index in [0.717, 1.165) is 11.3 Å². The molecule has 118 valence electrons. The van der Waals surface area contributed by atoms with E-state index in [2.05, 4.69) is 21.2 Å². The van der Waals surface area contributed by atoms with Crippen LogP contribution in [0.5, 0.6) is 11.5 Å². The molecular formula is C16H24BrNO3. The third-order valence-electron chi connectivity index (χ3n) is 2.95. The first-order valence-electron chi connectivity index (χ1n) is 7.19. The van der Waals surface area contributed by atoms with Crippen molar-refractivity contribution in [3.8, 4) is 11.5 Å². The maximum atomic E-state index is 12.0. The smallest absolute Gasteiger partial charge is 0.236 e. The van der Waals surface area contributed by atoms with Crippen LogP contribution in [0.3, 0.4) is 0 Å². The average Bonchev–Trinajstić information content (AvgIpc) is 2.40. The Morgan fingerprint density at radius 1 is 1.24 bits per heavy atom. The van der Waals surface area contributed by atoms with Crippen molar-refractivity contribution in [3.05, 3.63) is 23.8 Å². The van der Waals surface area contributed by atoms with E-state index < -0.39 is 4.32 Å². The van der Waals surface area contributed by atoms with Gasteiger partial charge in [0, 0.05) is 0 Å². The number of nitrogens with one attached hydrogen (secondary N) is 1. The van der Waals surface area contributed by atoms with Gasteiger partial charge in [-0.3, -0.25) is 4.79 Å². The number of carbonyl (C=O) groups is 1. The summed E-state index contributed by atoms with van der Waals surface area (Å²) >= 11 is 3.36. The lowest BCUT2D eigenvalue weighted by Gasteiger charge is -2.21. The first-order chi connectivity index (χ1) is 9.79. The van der Waals surface area contributed by atoms with Gasteiger partial charge in [0.1, 0.15) is 0 Å². The van der Waals surface area contributed by atoms with Gasteiger partial charge in [-0.1, -0.05) is 22.0 Å². The lowest BCUT2D eigenvalue weighted by Crippen LogP contribution is -2.38. The van der Waals surface area contributed by atoms with Crippen molar-refractivity contribution in [1.29, 1.82) is 0 Å². The lowest BCUT2D eigenvalue weighted by atomic mass is 10.1. The van der Waals surface area contributed by atoms with Gasteiger partial charge in [-0.2, -0.15) is 0 Å². The summed E-state index contributed by atoms with van der Waals surface area (Å²) in [5, 5.41) is 2.97. The van der Waals surface area contributed by atoms with E-state index in [1.54, 1.807) is 0 Å². The van der Waals surface area contributed by atoms with Crippen LogP contribution in [0.15, 0.2) is 18.2 Å². The van der Waals surface area contributed by atoms with Crippen LogP contribution in [-0.4, -0.2) is 23.4 Å². The summed E-state index contributed by atoms with van der Waals surface area (Å²) in [5.74, 6) is 1.38. The maximum absolute atomic E-state index is 12.0. The Hall–Kier alpha value is -1.23. The molecule has 5 heteroatoms. The fraction of sp³-hybridized carbons (Fsp3) is 0.562. The highest BCUT2D eigenvalue weighted by Gasteiger charge is 2.25. The van der Waals surface area contributed by atoms with Crippen molar-refractivity contribution in [2.45, 2.75) is 45.0 Å². The van der Waals surface area contributed by atoms with Gasteiger partial charge in [0.05, 0.1) is 23.6 Å². The van der Waals surface area contributed by atoms with Crippen LogP contribution in [0.2, 0.25) is 0 Å². The van der Waals surface area contributed by atoms with E-state index in [1.165, 1.54) is 0 Å². The van der Waals surface area contributed by atoms with Crippen molar-refractivity contribution in [3.63, 3.8) is 0 Å². The van der Waals surface area contributed by atoms with Crippen molar-refractivity contribution in [2.75, 3.05) is 13.2 Å². The molecule has 1 N–H and O–H groups in total. The highest BCUT2D eigenvalue weighted by atomic mass is 79.9. The molecule has 0 saturated heterocycles. The molecule has 4 nitrogen and oxygen atoms in total. The fourth-order valence-electron chi connectivity index (χ4n) is 1.79. The minimum Gasteiger partial charge on any atom is -0.490 e. The molecule has 0 aliphatic heterocycles. The van der Waals surface area contributed by atoms with Gasteiger partial charge in [-0.05, 0) is 52.3 Å². The Bertz CT molecular complexity index is 483. The molecule has 0 radical (unpaired) electrons. The van der Waals surface area contributed by atoms with E-state index in [-0.39, 0.29) is 11.9 Å². The molecule has 0 spiro atoms. The highest BCUT2D eigenvalue weighted by Crippen LogP contribution is 2.31. The Morgan fingerprint density at radius 3 is 2.33 bits per heavy atom. The molecular weight excluding hydrogens is 334 g/mol. The number of halogens is 1. The van der Waals surface area contributed by atoms with Crippen molar-refractivity contribution in [1.82, 2.24) is 5.32 Å². The zero-order chi connectivity index (χ0) is 16.0. The van der Waals surface area contributed by atoms with Crippen LogP contribution in [0.1, 0.15) is 46.2 Å². The SMILES string of the molecule is CCOc1ccc(C(C)NC(=O)C(C)(C)Br)cc1OCC. The second-order valence-electron chi connectivity index (χ2n) is 5.24. The first-order valence-corrected chi connectivity index (χ1v) is 7.98. The van der Waals surface area contributed by atoms with Gasteiger partial charge in [0.15, 0.2) is 11.5 Å². The van der Waals surface area contributed by atoms with Crippen LogP contribution >= 0.6 is 15.9 Å². The largest absolute Gasteiger partial charge is 0.490 e. The number of ether oxygens (including phenoxy) is 2. The normalized spacial score (nSPS) is 12.7. The Kier molecular flexibility index (Phi) is 6.52. The molecule has 1 rings (SSSR count). The summed E-state index contributed by atoms with van der Waals surface area (Å²) in [5.41, 5.74) is 0.979. The average molecular weight is 358 g/mol. The van der Waals surface area contributed by atoms with E-state index in [1.807, 2.05) is 52.8 Å². The van der Waals surface area contributed by atoms with Crippen molar-refractivity contribution < 1.29 is 14.3 Å². The number of benzene rings is 1. The molecule has 1 unspecified atom stereocenters.